The van der Waals surface area contributed by atoms with Gasteiger partial charge in [0.05, 0.1) is 0 Å². The standard InChI is InChI=1S/C10H15.2CH3.Hf/c1-10(2,3)8-9-6-4-5-7-9;;;/h4-7H,8H2,1-3H3;2*1H3;. The second-order valence-electron chi connectivity index (χ2n) is 5.44. The fraction of sp³-hybridized carbons (Fsp3) is 0.667. The van der Waals surface area contributed by atoms with Crippen molar-refractivity contribution < 1.29 is 21.4 Å². The number of hydrogen-bond donors (Lipinski definition) is 0. The Bertz CT molecular complexity index is 228. The molecule has 1 heteroatoms. The van der Waals surface area contributed by atoms with E-state index < -0.39 is 21.4 Å². The molecule has 1 rings (SSSR count). The first kappa shape index (κ1) is 11.4. The minimum atomic E-state index is -1.15. The van der Waals surface area contributed by atoms with E-state index in [4.69, 9.17) is 0 Å². The second-order valence-corrected chi connectivity index (χ2v) is 15.6. The van der Waals surface area contributed by atoms with Gasteiger partial charge in [-0.2, -0.15) is 0 Å². The molecule has 1 unspecified atom stereocenters. The van der Waals surface area contributed by atoms with E-state index in [2.05, 4.69) is 48.4 Å². The Kier molecular flexibility index (Phi) is 3.73. The average Bonchev–Trinajstić information content (AvgIpc) is 2.31. The Labute approximate surface area is 90.6 Å². The van der Waals surface area contributed by atoms with Crippen LogP contribution in [0.15, 0.2) is 23.8 Å². The van der Waals surface area contributed by atoms with Crippen LogP contribution in [0.25, 0.3) is 0 Å². The summed E-state index contributed by atoms with van der Waals surface area (Å²) in [7, 11) is 0. The second kappa shape index (κ2) is 4.25. The summed E-state index contributed by atoms with van der Waals surface area (Å²) in [5.41, 5.74) is 2.02. The van der Waals surface area contributed by atoms with Gasteiger partial charge < -0.3 is 0 Å². The van der Waals surface area contributed by atoms with E-state index in [1.807, 2.05) is 0 Å². The molecular formula is C12H21Hf. The van der Waals surface area contributed by atoms with E-state index in [9.17, 15) is 0 Å². The molecule has 0 amide bonds. The minimum absolute atomic E-state index is 0.442. The third kappa shape index (κ3) is 3.93. The molecular weight excluding hydrogens is 323 g/mol. The van der Waals surface area contributed by atoms with E-state index in [-0.39, 0.29) is 0 Å². The maximum absolute atomic E-state index is 2.52. The van der Waals surface area contributed by atoms with Crippen LogP contribution in [0.3, 0.4) is 0 Å². The summed E-state index contributed by atoms with van der Waals surface area (Å²) < 4.78 is 5.88. The molecule has 0 spiro atoms. The Morgan fingerprint density at radius 3 is 2.31 bits per heavy atom. The Morgan fingerprint density at radius 2 is 1.92 bits per heavy atom. The average molecular weight is 344 g/mol. The maximum atomic E-state index is 2.52. The molecule has 0 aromatic heterocycles. The molecule has 0 fully saturated rings. The summed E-state index contributed by atoms with van der Waals surface area (Å²) in [5, 5.41) is 0. The zero-order valence-corrected chi connectivity index (χ0v) is 13.1. The van der Waals surface area contributed by atoms with Crippen LogP contribution in [0.1, 0.15) is 27.2 Å². The van der Waals surface area contributed by atoms with E-state index in [1.165, 1.54) is 6.42 Å². The molecule has 0 aromatic carbocycles. The van der Waals surface area contributed by atoms with Gasteiger partial charge in [-0.15, -0.1) is 0 Å². The van der Waals surface area contributed by atoms with Crippen molar-refractivity contribution in [2.75, 3.05) is 0 Å². The van der Waals surface area contributed by atoms with Gasteiger partial charge in [0.15, 0.2) is 0 Å². The fourth-order valence-electron chi connectivity index (χ4n) is 1.66. The third-order valence-corrected chi connectivity index (χ3v) is 8.39. The van der Waals surface area contributed by atoms with Gasteiger partial charge in [-0.1, -0.05) is 0 Å². The molecule has 0 aliphatic heterocycles. The predicted molar refractivity (Wildman–Crippen MR) is 56.8 cm³/mol. The van der Waals surface area contributed by atoms with Crippen molar-refractivity contribution in [1.29, 1.82) is 0 Å². The van der Waals surface area contributed by atoms with Crippen molar-refractivity contribution in [2.45, 2.75) is 40.2 Å². The van der Waals surface area contributed by atoms with Gasteiger partial charge in [0, 0.05) is 0 Å². The topological polar surface area (TPSA) is 0 Å². The first-order valence-corrected chi connectivity index (χ1v) is 14.3. The Hall–Kier alpha value is 0.350. The summed E-state index contributed by atoms with van der Waals surface area (Å²) in [6, 6.07) is 0. The van der Waals surface area contributed by atoms with Crippen molar-refractivity contribution in [3.05, 3.63) is 23.8 Å². The first-order chi connectivity index (χ1) is 5.88. The molecule has 0 heterocycles. The molecule has 0 aromatic rings. The van der Waals surface area contributed by atoms with Crippen molar-refractivity contribution in [2.24, 2.45) is 5.41 Å². The van der Waals surface area contributed by atoms with Crippen molar-refractivity contribution in [3.8, 4) is 0 Å². The Balaban J connectivity index is 2.57. The van der Waals surface area contributed by atoms with Gasteiger partial charge in [0.1, 0.15) is 0 Å². The van der Waals surface area contributed by atoms with Crippen molar-refractivity contribution in [3.63, 3.8) is 0 Å². The van der Waals surface area contributed by atoms with Crippen molar-refractivity contribution >= 4 is 0 Å². The predicted octanol–water partition coefficient (Wildman–Crippen LogP) is 4.42. The van der Waals surface area contributed by atoms with E-state index >= 15 is 0 Å². The van der Waals surface area contributed by atoms with Gasteiger partial charge in [-0.3, -0.25) is 0 Å². The summed E-state index contributed by atoms with van der Waals surface area (Å²) in [4.78, 5) is 0. The van der Waals surface area contributed by atoms with Crippen LogP contribution in [0.4, 0.5) is 0 Å². The number of rotatable bonds is 2. The molecule has 0 bridgehead atoms. The van der Waals surface area contributed by atoms with Gasteiger partial charge in [0.25, 0.3) is 0 Å². The third-order valence-electron chi connectivity index (χ3n) is 2.31. The van der Waals surface area contributed by atoms with Crippen LogP contribution in [-0.4, -0.2) is 0 Å². The van der Waals surface area contributed by atoms with Crippen LogP contribution >= 0.6 is 0 Å². The first-order valence-electron chi connectivity index (χ1n) is 5.07. The summed E-state index contributed by atoms with van der Waals surface area (Å²) in [6.45, 7) is 6.94. The summed E-state index contributed by atoms with van der Waals surface area (Å²) in [6.07, 6.45) is 8.54. The molecule has 73 valence electrons. The summed E-state index contributed by atoms with van der Waals surface area (Å²) in [5.74, 6) is 0. The van der Waals surface area contributed by atoms with Gasteiger partial charge in [-0.05, 0) is 0 Å². The van der Waals surface area contributed by atoms with Gasteiger partial charge in [0.2, 0.25) is 0 Å². The monoisotopic (exact) mass is 345 g/mol. The van der Waals surface area contributed by atoms with Crippen LogP contribution < -0.4 is 0 Å². The molecule has 13 heavy (non-hydrogen) atoms. The summed E-state index contributed by atoms with van der Waals surface area (Å²) >= 11 is -1.15. The Morgan fingerprint density at radius 1 is 1.31 bits per heavy atom. The van der Waals surface area contributed by atoms with E-state index in [0.29, 0.717) is 5.41 Å². The quantitative estimate of drug-likeness (QED) is 0.651. The molecule has 1 aliphatic carbocycles. The number of hydrogen-bond acceptors (Lipinski definition) is 0. The molecule has 0 N–H and O–H groups in total. The molecule has 0 saturated heterocycles. The zero-order chi connectivity index (χ0) is 10.1. The molecule has 1 atom stereocenters. The van der Waals surface area contributed by atoms with Gasteiger partial charge >= 0.3 is 90.9 Å². The fourth-order valence-corrected chi connectivity index (χ4v) is 5.35. The van der Waals surface area contributed by atoms with E-state index in [0.717, 1.165) is 3.67 Å². The van der Waals surface area contributed by atoms with Gasteiger partial charge in [-0.25, -0.2) is 0 Å². The molecule has 1 aliphatic rings. The van der Waals surface area contributed by atoms with Crippen molar-refractivity contribution in [1.82, 2.24) is 0 Å². The van der Waals surface area contributed by atoms with Crippen LogP contribution in [0, 0.1) is 5.41 Å². The van der Waals surface area contributed by atoms with Crippen LogP contribution in [0.2, 0.25) is 13.0 Å². The SMILES string of the molecule is [CH3][Hf]([CH3])[CH]1C=CC(CC(C)(C)C)=C1. The zero-order valence-electron chi connectivity index (χ0n) is 9.52. The molecule has 0 nitrogen and oxygen atoms in total. The number of allylic oxidation sites excluding steroid dienone is 4. The molecule has 0 saturated carbocycles. The normalized spacial score (nSPS) is 21.9. The van der Waals surface area contributed by atoms with Crippen LogP contribution in [0.5, 0.6) is 0 Å². The van der Waals surface area contributed by atoms with E-state index in [1.54, 1.807) is 5.57 Å². The molecule has 0 radical (unpaired) electrons. The van der Waals surface area contributed by atoms with Crippen LogP contribution in [-0.2, 0) is 21.4 Å².